The summed E-state index contributed by atoms with van der Waals surface area (Å²) in [4.78, 5) is 25.7. The van der Waals surface area contributed by atoms with Gasteiger partial charge in [-0.1, -0.05) is 12.1 Å². The number of anilines is 1. The number of nitrogens with zero attached hydrogens (tertiary/aromatic N) is 1. The van der Waals surface area contributed by atoms with Gasteiger partial charge in [-0.2, -0.15) is 0 Å². The molecule has 1 N–H and O–H groups in total. The number of benzene rings is 2. The van der Waals surface area contributed by atoms with E-state index in [1.807, 2.05) is 13.0 Å². The van der Waals surface area contributed by atoms with Crippen molar-refractivity contribution in [3.63, 3.8) is 0 Å². The Kier molecular flexibility index (Phi) is 8.14. The third-order valence-electron chi connectivity index (χ3n) is 3.89. The highest BCUT2D eigenvalue weighted by Crippen LogP contribution is 2.28. The van der Waals surface area contributed by atoms with Crippen LogP contribution in [0.4, 0.5) is 5.69 Å². The molecule has 0 aromatic heterocycles. The first kappa shape index (κ1) is 21.1. The van der Waals surface area contributed by atoms with E-state index < -0.39 is 0 Å². The molecule has 0 unspecified atom stereocenters. The molecule has 0 aliphatic carbocycles. The van der Waals surface area contributed by atoms with Gasteiger partial charge in [-0.05, 0) is 43.3 Å². The largest absolute Gasteiger partial charge is 0.497 e. The Morgan fingerprint density at radius 2 is 1.68 bits per heavy atom. The fourth-order valence-corrected chi connectivity index (χ4v) is 2.55. The van der Waals surface area contributed by atoms with Crippen molar-refractivity contribution < 1.29 is 23.8 Å². The number of nitrogens with one attached hydrogen (secondary N) is 1. The number of para-hydroxylation sites is 2. The van der Waals surface area contributed by atoms with Gasteiger partial charge in [0.2, 0.25) is 11.8 Å². The van der Waals surface area contributed by atoms with Crippen molar-refractivity contribution in [3.05, 3.63) is 48.5 Å². The first-order chi connectivity index (χ1) is 13.5. The highest BCUT2D eigenvalue weighted by Gasteiger charge is 2.19. The van der Waals surface area contributed by atoms with Gasteiger partial charge in [0.05, 0.1) is 25.9 Å². The first-order valence-corrected chi connectivity index (χ1v) is 9.08. The molecule has 150 valence electrons. The molecule has 0 fully saturated rings. The van der Waals surface area contributed by atoms with Crippen molar-refractivity contribution in [1.29, 1.82) is 0 Å². The number of amides is 2. The van der Waals surface area contributed by atoms with Crippen molar-refractivity contribution in [1.82, 2.24) is 5.32 Å². The van der Waals surface area contributed by atoms with E-state index in [1.54, 1.807) is 49.6 Å². The Morgan fingerprint density at radius 3 is 2.32 bits per heavy atom. The first-order valence-electron chi connectivity index (χ1n) is 9.08. The second kappa shape index (κ2) is 10.8. The van der Waals surface area contributed by atoms with Crippen LogP contribution in [-0.2, 0) is 9.59 Å². The SMILES string of the molecule is CCOc1ccccc1N(CC(=O)NCCOc1ccc(OC)cc1)C(C)=O. The molecule has 0 radical (unpaired) electrons. The summed E-state index contributed by atoms with van der Waals surface area (Å²) in [7, 11) is 1.60. The molecule has 2 aromatic rings. The maximum absolute atomic E-state index is 12.3. The zero-order valence-electron chi connectivity index (χ0n) is 16.4. The molecular formula is C21H26N2O5. The standard InChI is InChI=1S/C21H26N2O5/c1-4-27-20-8-6-5-7-19(20)23(16(2)24)15-21(25)22-13-14-28-18-11-9-17(26-3)10-12-18/h5-12H,4,13-15H2,1-3H3,(H,22,25). The number of carbonyl (C=O) groups is 2. The molecule has 2 aromatic carbocycles. The summed E-state index contributed by atoms with van der Waals surface area (Å²) in [6.45, 7) is 4.30. The molecule has 0 bridgehead atoms. The van der Waals surface area contributed by atoms with E-state index in [-0.39, 0.29) is 18.4 Å². The minimum Gasteiger partial charge on any atom is -0.497 e. The van der Waals surface area contributed by atoms with E-state index in [0.717, 1.165) is 5.75 Å². The monoisotopic (exact) mass is 386 g/mol. The summed E-state index contributed by atoms with van der Waals surface area (Å²) < 4.78 is 16.2. The highest BCUT2D eigenvalue weighted by atomic mass is 16.5. The van der Waals surface area contributed by atoms with Crippen LogP contribution in [0.1, 0.15) is 13.8 Å². The smallest absolute Gasteiger partial charge is 0.240 e. The van der Waals surface area contributed by atoms with Crippen molar-refractivity contribution >= 4 is 17.5 Å². The second-order valence-corrected chi connectivity index (χ2v) is 5.88. The third kappa shape index (κ3) is 6.19. The van der Waals surface area contributed by atoms with Gasteiger partial charge in [0.15, 0.2) is 0 Å². The number of methoxy groups -OCH3 is 1. The summed E-state index contributed by atoms with van der Waals surface area (Å²) in [6, 6.07) is 14.3. The van der Waals surface area contributed by atoms with Gasteiger partial charge in [-0.25, -0.2) is 0 Å². The lowest BCUT2D eigenvalue weighted by atomic mass is 10.2. The van der Waals surface area contributed by atoms with Crippen molar-refractivity contribution in [3.8, 4) is 17.2 Å². The van der Waals surface area contributed by atoms with Crippen LogP contribution in [0.15, 0.2) is 48.5 Å². The maximum Gasteiger partial charge on any atom is 0.240 e. The van der Waals surface area contributed by atoms with E-state index in [1.165, 1.54) is 11.8 Å². The predicted molar refractivity (Wildman–Crippen MR) is 107 cm³/mol. The van der Waals surface area contributed by atoms with Crippen molar-refractivity contribution in [2.45, 2.75) is 13.8 Å². The molecule has 2 rings (SSSR count). The predicted octanol–water partition coefficient (Wildman–Crippen LogP) is 2.64. The van der Waals surface area contributed by atoms with E-state index in [4.69, 9.17) is 14.2 Å². The number of hydrogen-bond acceptors (Lipinski definition) is 5. The molecule has 7 heteroatoms. The topological polar surface area (TPSA) is 77.1 Å². The van der Waals surface area contributed by atoms with Gasteiger partial charge in [0, 0.05) is 6.92 Å². The molecule has 2 amide bonds. The van der Waals surface area contributed by atoms with Gasteiger partial charge < -0.3 is 19.5 Å². The molecule has 28 heavy (non-hydrogen) atoms. The Labute approximate surface area is 165 Å². The average Bonchev–Trinajstić information content (AvgIpc) is 2.70. The van der Waals surface area contributed by atoms with Crippen LogP contribution in [0.2, 0.25) is 0 Å². The molecule has 0 saturated carbocycles. The molecule has 0 heterocycles. The molecule has 0 spiro atoms. The van der Waals surface area contributed by atoms with Crippen LogP contribution in [-0.4, -0.2) is 45.2 Å². The van der Waals surface area contributed by atoms with E-state index in [2.05, 4.69) is 5.32 Å². The van der Waals surface area contributed by atoms with Crippen LogP contribution in [0.25, 0.3) is 0 Å². The van der Waals surface area contributed by atoms with Crippen molar-refractivity contribution in [2.75, 3.05) is 38.3 Å². The number of ether oxygens (including phenoxy) is 3. The van der Waals surface area contributed by atoms with E-state index >= 15 is 0 Å². The molecule has 0 saturated heterocycles. The summed E-state index contributed by atoms with van der Waals surface area (Å²) in [5.74, 6) is 1.48. The van der Waals surface area contributed by atoms with Crippen LogP contribution in [0.5, 0.6) is 17.2 Å². The third-order valence-corrected chi connectivity index (χ3v) is 3.89. The van der Waals surface area contributed by atoms with Crippen molar-refractivity contribution in [2.24, 2.45) is 0 Å². The van der Waals surface area contributed by atoms with Gasteiger partial charge in [0.1, 0.15) is 30.4 Å². The van der Waals surface area contributed by atoms with Crippen LogP contribution < -0.4 is 24.4 Å². The maximum atomic E-state index is 12.3. The van der Waals surface area contributed by atoms with Gasteiger partial charge in [-0.15, -0.1) is 0 Å². The van der Waals surface area contributed by atoms with Gasteiger partial charge >= 0.3 is 0 Å². The summed E-state index contributed by atoms with van der Waals surface area (Å²) in [6.07, 6.45) is 0. The Hall–Kier alpha value is -3.22. The number of rotatable bonds is 10. The molecule has 0 atom stereocenters. The molecule has 0 aliphatic heterocycles. The van der Waals surface area contributed by atoms with E-state index in [0.29, 0.717) is 36.9 Å². The quantitative estimate of drug-likeness (QED) is 0.635. The van der Waals surface area contributed by atoms with E-state index in [9.17, 15) is 9.59 Å². The van der Waals surface area contributed by atoms with Gasteiger partial charge in [0.25, 0.3) is 0 Å². The lowest BCUT2D eigenvalue weighted by molar-refractivity contribution is -0.123. The Bertz CT molecular complexity index is 777. The zero-order chi connectivity index (χ0) is 20.4. The Balaban J connectivity index is 1.86. The minimum atomic E-state index is -0.278. The van der Waals surface area contributed by atoms with Crippen LogP contribution in [0, 0.1) is 0 Å². The second-order valence-electron chi connectivity index (χ2n) is 5.88. The molecule has 7 nitrogen and oxygen atoms in total. The summed E-state index contributed by atoms with van der Waals surface area (Å²) in [5.41, 5.74) is 0.571. The summed E-state index contributed by atoms with van der Waals surface area (Å²) in [5, 5.41) is 2.76. The lowest BCUT2D eigenvalue weighted by Crippen LogP contribution is -2.41. The number of carbonyl (C=O) groups excluding carboxylic acids is 2. The van der Waals surface area contributed by atoms with Crippen LogP contribution in [0.3, 0.4) is 0 Å². The summed E-state index contributed by atoms with van der Waals surface area (Å²) >= 11 is 0. The Morgan fingerprint density at radius 1 is 1.00 bits per heavy atom. The lowest BCUT2D eigenvalue weighted by Gasteiger charge is -2.23. The van der Waals surface area contributed by atoms with Crippen LogP contribution >= 0.6 is 0 Å². The number of hydrogen-bond donors (Lipinski definition) is 1. The zero-order valence-corrected chi connectivity index (χ0v) is 16.4. The molecule has 0 aliphatic rings. The average molecular weight is 386 g/mol. The normalized spacial score (nSPS) is 10.1. The fraction of sp³-hybridized carbons (Fsp3) is 0.333. The minimum absolute atomic E-state index is 0.0953. The fourth-order valence-electron chi connectivity index (χ4n) is 2.55. The van der Waals surface area contributed by atoms with Gasteiger partial charge in [-0.3, -0.25) is 14.5 Å². The highest BCUT2D eigenvalue weighted by molar-refractivity contribution is 5.98. The molecular weight excluding hydrogens is 360 g/mol.